The van der Waals surface area contributed by atoms with Crippen LogP contribution in [0.25, 0.3) is 0 Å². The molecule has 0 aliphatic heterocycles. The lowest BCUT2D eigenvalue weighted by atomic mass is 10.3. The molecule has 66 valence electrons. The Bertz CT molecular complexity index is 238. The molecule has 0 amide bonds. The Balaban J connectivity index is 2.46. The predicted octanol–water partition coefficient (Wildman–Crippen LogP) is 1.12. The largest absolute Gasteiger partial charge is 0.492 e. The molecular formula is C9H14N2O. The first-order valence-corrected chi connectivity index (χ1v) is 4.09. The maximum Gasteiger partial charge on any atom is 0.140 e. The third kappa shape index (κ3) is 2.51. The van der Waals surface area contributed by atoms with Gasteiger partial charge < -0.3 is 10.5 Å². The first-order valence-electron chi connectivity index (χ1n) is 4.09. The lowest BCUT2D eigenvalue weighted by Gasteiger charge is -2.06. The highest BCUT2D eigenvalue weighted by Gasteiger charge is 1.96. The molecule has 0 spiro atoms. The maximum atomic E-state index is 5.43. The Morgan fingerprint density at radius 3 is 3.08 bits per heavy atom. The van der Waals surface area contributed by atoms with Crippen LogP contribution in [0.2, 0.25) is 0 Å². The quantitative estimate of drug-likeness (QED) is 0.682. The van der Waals surface area contributed by atoms with Crippen molar-refractivity contribution in [3.63, 3.8) is 0 Å². The van der Waals surface area contributed by atoms with E-state index in [0.717, 1.165) is 17.9 Å². The van der Waals surface area contributed by atoms with Gasteiger partial charge in [-0.15, -0.1) is 0 Å². The smallest absolute Gasteiger partial charge is 0.140 e. The molecule has 0 saturated carbocycles. The Morgan fingerprint density at radius 1 is 1.58 bits per heavy atom. The zero-order valence-corrected chi connectivity index (χ0v) is 7.29. The lowest BCUT2D eigenvalue weighted by Crippen LogP contribution is -2.06. The highest BCUT2D eigenvalue weighted by molar-refractivity contribution is 5.25. The van der Waals surface area contributed by atoms with Gasteiger partial charge in [-0.25, -0.2) is 0 Å². The summed E-state index contributed by atoms with van der Waals surface area (Å²) >= 11 is 0. The van der Waals surface area contributed by atoms with Crippen LogP contribution >= 0.6 is 0 Å². The molecule has 1 aromatic heterocycles. The molecule has 0 fully saturated rings. The summed E-state index contributed by atoms with van der Waals surface area (Å²) in [5.41, 5.74) is 6.26. The van der Waals surface area contributed by atoms with Crippen molar-refractivity contribution in [2.45, 2.75) is 13.3 Å². The van der Waals surface area contributed by atoms with E-state index in [1.807, 2.05) is 19.1 Å². The molecule has 1 aromatic rings. The summed E-state index contributed by atoms with van der Waals surface area (Å²) in [6, 6.07) is 3.78. The van der Waals surface area contributed by atoms with Gasteiger partial charge in [0.25, 0.3) is 0 Å². The van der Waals surface area contributed by atoms with Gasteiger partial charge >= 0.3 is 0 Å². The lowest BCUT2D eigenvalue weighted by molar-refractivity contribution is 0.310. The monoisotopic (exact) mass is 166 g/mol. The van der Waals surface area contributed by atoms with Crippen molar-refractivity contribution in [2.24, 2.45) is 5.73 Å². The molecule has 0 unspecified atom stereocenters. The summed E-state index contributed by atoms with van der Waals surface area (Å²) in [5, 5.41) is 0. The minimum absolute atomic E-state index is 0.666. The average molecular weight is 166 g/mol. The molecule has 1 heterocycles. The van der Waals surface area contributed by atoms with Crippen molar-refractivity contribution in [3.05, 3.63) is 24.0 Å². The highest BCUT2D eigenvalue weighted by atomic mass is 16.5. The summed E-state index contributed by atoms with van der Waals surface area (Å²) in [5.74, 6) is 0.853. The molecule has 0 saturated heterocycles. The molecule has 3 nitrogen and oxygen atoms in total. The van der Waals surface area contributed by atoms with Gasteiger partial charge in [0, 0.05) is 6.20 Å². The Hall–Kier alpha value is -1.09. The number of hydrogen-bond donors (Lipinski definition) is 1. The molecule has 0 radical (unpaired) electrons. The van der Waals surface area contributed by atoms with Crippen molar-refractivity contribution in [2.75, 3.05) is 13.2 Å². The van der Waals surface area contributed by atoms with Crippen LogP contribution in [0.1, 0.15) is 12.1 Å². The molecule has 12 heavy (non-hydrogen) atoms. The van der Waals surface area contributed by atoms with Crippen LogP contribution in [0.5, 0.6) is 5.75 Å². The number of nitrogens with zero attached hydrogens (tertiary/aromatic N) is 1. The molecule has 0 atom stereocenters. The zero-order valence-electron chi connectivity index (χ0n) is 7.29. The number of rotatable bonds is 4. The topological polar surface area (TPSA) is 48.1 Å². The van der Waals surface area contributed by atoms with E-state index in [4.69, 9.17) is 10.5 Å². The van der Waals surface area contributed by atoms with Crippen molar-refractivity contribution in [1.29, 1.82) is 0 Å². The van der Waals surface area contributed by atoms with Gasteiger partial charge in [0.05, 0.1) is 12.3 Å². The number of nitrogens with two attached hydrogens (primary N) is 1. The van der Waals surface area contributed by atoms with Crippen LogP contribution in [-0.4, -0.2) is 18.1 Å². The molecule has 0 bridgehead atoms. The van der Waals surface area contributed by atoms with E-state index in [0.29, 0.717) is 13.2 Å². The van der Waals surface area contributed by atoms with E-state index in [1.165, 1.54) is 0 Å². The van der Waals surface area contributed by atoms with Crippen molar-refractivity contribution in [1.82, 2.24) is 4.98 Å². The fourth-order valence-corrected chi connectivity index (χ4v) is 0.888. The van der Waals surface area contributed by atoms with Crippen LogP contribution in [0.4, 0.5) is 0 Å². The van der Waals surface area contributed by atoms with E-state index in [1.54, 1.807) is 6.20 Å². The number of ether oxygens (including phenoxy) is 1. The summed E-state index contributed by atoms with van der Waals surface area (Å²) in [7, 11) is 0. The van der Waals surface area contributed by atoms with E-state index in [-0.39, 0.29) is 0 Å². The first kappa shape index (κ1) is 9.00. The van der Waals surface area contributed by atoms with Gasteiger partial charge in [-0.05, 0) is 32.0 Å². The van der Waals surface area contributed by atoms with Crippen LogP contribution in [-0.2, 0) is 0 Å². The van der Waals surface area contributed by atoms with Gasteiger partial charge in [0.2, 0.25) is 0 Å². The zero-order chi connectivity index (χ0) is 8.81. The van der Waals surface area contributed by atoms with Crippen LogP contribution in [0.3, 0.4) is 0 Å². The minimum atomic E-state index is 0.666. The SMILES string of the molecule is Cc1ncccc1OCCCN. The van der Waals surface area contributed by atoms with Crippen molar-refractivity contribution < 1.29 is 4.74 Å². The average Bonchev–Trinajstić information content (AvgIpc) is 2.09. The van der Waals surface area contributed by atoms with Crippen molar-refractivity contribution >= 4 is 0 Å². The second-order valence-corrected chi connectivity index (χ2v) is 2.58. The minimum Gasteiger partial charge on any atom is -0.492 e. The second kappa shape index (κ2) is 4.72. The number of hydrogen-bond acceptors (Lipinski definition) is 3. The van der Waals surface area contributed by atoms with E-state index < -0.39 is 0 Å². The Labute approximate surface area is 72.6 Å². The number of aromatic nitrogens is 1. The summed E-state index contributed by atoms with van der Waals surface area (Å²) < 4.78 is 5.43. The van der Waals surface area contributed by atoms with Crippen LogP contribution < -0.4 is 10.5 Å². The Kier molecular flexibility index (Phi) is 3.54. The summed E-state index contributed by atoms with van der Waals surface area (Å²) in [6.45, 7) is 3.26. The predicted molar refractivity (Wildman–Crippen MR) is 48.1 cm³/mol. The number of aryl methyl sites for hydroxylation is 1. The van der Waals surface area contributed by atoms with Crippen LogP contribution in [0, 0.1) is 6.92 Å². The standard InChI is InChI=1S/C9H14N2O/c1-8-9(4-2-6-11-8)12-7-3-5-10/h2,4,6H,3,5,7,10H2,1H3. The Morgan fingerprint density at radius 2 is 2.42 bits per heavy atom. The fourth-order valence-electron chi connectivity index (χ4n) is 0.888. The molecule has 2 N–H and O–H groups in total. The molecule has 1 rings (SSSR count). The van der Waals surface area contributed by atoms with Crippen LogP contribution in [0.15, 0.2) is 18.3 Å². The fraction of sp³-hybridized carbons (Fsp3) is 0.444. The molecule has 3 heteroatoms. The molecule has 0 aliphatic rings. The van der Waals surface area contributed by atoms with E-state index >= 15 is 0 Å². The van der Waals surface area contributed by atoms with E-state index in [2.05, 4.69) is 4.98 Å². The van der Waals surface area contributed by atoms with Gasteiger partial charge in [-0.3, -0.25) is 4.98 Å². The van der Waals surface area contributed by atoms with Gasteiger partial charge in [0.15, 0.2) is 0 Å². The van der Waals surface area contributed by atoms with Gasteiger partial charge in [-0.2, -0.15) is 0 Å². The number of pyridine rings is 1. The first-order chi connectivity index (χ1) is 5.84. The second-order valence-electron chi connectivity index (χ2n) is 2.58. The van der Waals surface area contributed by atoms with E-state index in [9.17, 15) is 0 Å². The molecule has 0 aliphatic carbocycles. The maximum absolute atomic E-state index is 5.43. The highest BCUT2D eigenvalue weighted by Crippen LogP contribution is 2.13. The normalized spacial score (nSPS) is 9.83. The van der Waals surface area contributed by atoms with Crippen molar-refractivity contribution in [3.8, 4) is 5.75 Å². The van der Waals surface area contributed by atoms with Gasteiger partial charge in [-0.1, -0.05) is 0 Å². The third-order valence-electron chi connectivity index (χ3n) is 1.56. The molecular weight excluding hydrogens is 152 g/mol. The molecule has 0 aromatic carbocycles. The van der Waals surface area contributed by atoms with Gasteiger partial charge in [0.1, 0.15) is 5.75 Å². The summed E-state index contributed by atoms with van der Waals surface area (Å²) in [4.78, 5) is 4.10. The summed E-state index contributed by atoms with van der Waals surface area (Å²) in [6.07, 6.45) is 2.64. The third-order valence-corrected chi connectivity index (χ3v) is 1.56.